The van der Waals surface area contributed by atoms with Crippen molar-refractivity contribution < 1.29 is 17.9 Å². The highest BCUT2D eigenvalue weighted by Gasteiger charge is 2.31. The maximum atomic E-state index is 13.6. The van der Waals surface area contributed by atoms with Crippen molar-refractivity contribution in [3.05, 3.63) is 46.4 Å². The Hall–Kier alpha value is -2.76. The number of rotatable bonds is 7. The number of carbonyl (C=O) groups excluding carboxylic acids is 1. The van der Waals surface area contributed by atoms with Gasteiger partial charge in [0.2, 0.25) is 5.75 Å². The predicted molar refractivity (Wildman–Crippen MR) is 129 cm³/mol. The summed E-state index contributed by atoms with van der Waals surface area (Å²) < 4.78 is 35.1. The van der Waals surface area contributed by atoms with Gasteiger partial charge >= 0.3 is 5.56 Å². The van der Waals surface area contributed by atoms with Crippen molar-refractivity contribution in [3.8, 4) is 11.4 Å². The SMILES string of the molecule is CC(=O)c1cccc(-n2ncc(N3CCN(S(=O)(=O)N(C)C)CC3)c(OC3CCCC3)c2=O)c1. The molecule has 1 saturated carbocycles. The van der Waals surface area contributed by atoms with Crippen LogP contribution in [-0.2, 0) is 10.2 Å². The van der Waals surface area contributed by atoms with E-state index in [4.69, 9.17) is 4.74 Å². The topological polar surface area (TPSA) is 105 Å². The molecular weight excluding hydrogens is 458 g/mol. The van der Waals surface area contributed by atoms with E-state index >= 15 is 0 Å². The molecule has 0 spiro atoms. The third-order valence-electron chi connectivity index (χ3n) is 6.37. The number of carbonyl (C=O) groups is 1. The van der Waals surface area contributed by atoms with Crippen LogP contribution in [0.3, 0.4) is 0 Å². The highest BCUT2D eigenvalue weighted by molar-refractivity contribution is 7.86. The molecule has 1 saturated heterocycles. The van der Waals surface area contributed by atoms with Gasteiger partial charge in [-0.25, -0.2) is 0 Å². The summed E-state index contributed by atoms with van der Waals surface area (Å²) in [6.45, 7) is 2.90. The zero-order valence-electron chi connectivity index (χ0n) is 19.8. The molecule has 34 heavy (non-hydrogen) atoms. The lowest BCUT2D eigenvalue weighted by Crippen LogP contribution is -2.52. The van der Waals surface area contributed by atoms with E-state index in [1.54, 1.807) is 30.5 Å². The number of hydrogen-bond acceptors (Lipinski definition) is 7. The maximum Gasteiger partial charge on any atom is 0.316 e. The Bertz CT molecular complexity index is 1210. The first kappa shape index (κ1) is 24.4. The molecule has 2 fully saturated rings. The van der Waals surface area contributed by atoms with E-state index in [2.05, 4.69) is 5.10 Å². The minimum absolute atomic E-state index is 0.0405. The van der Waals surface area contributed by atoms with E-state index in [0.717, 1.165) is 25.7 Å². The number of Topliss-reactive ketones (excluding diaryl/α,β-unsaturated/α-hetero) is 1. The molecule has 0 unspecified atom stereocenters. The fourth-order valence-corrected chi connectivity index (χ4v) is 5.46. The Morgan fingerprint density at radius 3 is 2.41 bits per heavy atom. The molecule has 184 valence electrons. The average molecular weight is 490 g/mol. The number of piperazine rings is 1. The Balaban J connectivity index is 1.68. The number of ether oxygens (including phenoxy) is 1. The summed E-state index contributed by atoms with van der Waals surface area (Å²) in [5.74, 6) is 0.124. The zero-order chi connectivity index (χ0) is 24.5. The Morgan fingerprint density at radius 2 is 1.79 bits per heavy atom. The molecule has 1 aromatic heterocycles. The van der Waals surface area contributed by atoms with Crippen LogP contribution in [0.1, 0.15) is 43.0 Å². The van der Waals surface area contributed by atoms with Crippen molar-refractivity contribution in [3.63, 3.8) is 0 Å². The van der Waals surface area contributed by atoms with E-state index in [9.17, 15) is 18.0 Å². The molecule has 11 heteroatoms. The first-order chi connectivity index (χ1) is 16.2. The molecule has 0 bridgehead atoms. The predicted octanol–water partition coefficient (Wildman–Crippen LogP) is 1.68. The van der Waals surface area contributed by atoms with Gasteiger partial charge in [-0.2, -0.15) is 26.8 Å². The number of anilines is 1. The summed E-state index contributed by atoms with van der Waals surface area (Å²) in [6, 6.07) is 6.78. The number of benzene rings is 1. The van der Waals surface area contributed by atoms with Gasteiger partial charge in [-0.3, -0.25) is 9.59 Å². The van der Waals surface area contributed by atoms with Gasteiger partial charge in [0.25, 0.3) is 10.2 Å². The molecule has 0 N–H and O–H groups in total. The lowest BCUT2D eigenvalue weighted by Gasteiger charge is -2.36. The highest BCUT2D eigenvalue weighted by atomic mass is 32.2. The molecule has 2 heterocycles. The molecule has 1 aromatic carbocycles. The third kappa shape index (κ3) is 4.86. The van der Waals surface area contributed by atoms with Gasteiger partial charge in [0, 0.05) is 45.8 Å². The molecular formula is C23H31N5O5S. The molecule has 10 nitrogen and oxygen atoms in total. The lowest BCUT2D eigenvalue weighted by atomic mass is 10.1. The quantitative estimate of drug-likeness (QED) is 0.545. The Morgan fingerprint density at radius 1 is 1.12 bits per heavy atom. The number of ketones is 1. The molecule has 2 aliphatic rings. The van der Waals surface area contributed by atoms with Crippen LogP contribution in [0.5, 0.6) is 5.75 Å². The van der Waals surface area contributed by atoms with Crippen LogP contribution in [0, 0.1) is 0 Å². The molecule has 1 aliphatic carbocycles. The normalized spacial score (nSPS) is 17.9. The summed E-state index contributed by atoms with van der Waals surface area (Å²) in [7, 11) is -0.469. The van der Waals surface area contributed by atoms with Gasteiger partial charge in [-0.05, 0) is 44.7 Å². The number of aromatic nitrogens is 2. The fraction of sp³-hybridized carbons (Fsp3) is 0.522. The first-order valence-corrected chi connectivity index (χ1v) is 12.9. The maximum absolute atomic E-state index is 13.6. The van der Waals surface area contributed by atoms with Crippen molar-refractivity contribution in [1.29, 1.82) is 0 Å². The van der Waals surface area contributed by atoms with Crippen molar-refractivity contribution in [2.24, 2.45) is 0 Å². The van der Waals surface area contributed by atoms with Crippen LogP contribution in [0.2, 0.25) is 0 Å². The van der Waals surface area contributed by atoms with E-state index in [0.29, 0.717) is 43.1 Å². The second-order valence-electron chi connectivity index (χ2n) is 8.88. The van der Waals surface area contributed by atoms with Gasteiger partial charge in [0.1, 0.15) is 5.69 Å². The molecule has 2 aromatic rings. The van der Waals surface area contributed by atoms with Crippen LogP contribution in [0.25, 0.3) is 5.69 Å². The highest BCUT2D eigenvalue weighted by Crippen LogP contribution is 2.30. The summed E-state index contributed by atoms with van der Waals surface area (Å²) >= 11 is 0. The van der Waals surface area contributed by atoms with E-state index in [-0.39, 0.29) is 17.6 Å². The number of nitrogens with zero attached hydrogens (tertiary/aromatic N) is 5. The fourth-order valence-electron chi connectivity index (χ4n) is 4.37. The van der Waals surface area contributed by atoms with Gasteiger partial charge in [-0.15, -0.1) is 0 Å². The summed E-state index contributed by atoms with van der Waals surface area (Å²) in [5.41, 5.74) is 1.15. The van der Waals surface area contributed by atoms with Gasteiger partial charge in [0.05, 0.1) is 18.0 Å². The minimum Gasteiger partial charge on any atom is -0.483 e. The van der Waals surface area contributed by atoms with Crippen molar-refractivity contribution >= 4 is 21.7 Å². The monoisotopic (exact) mass is 489 g/mol. The van der Waals surface area contributed by atoms with Gasteiger partial charge in [-0.1, -0.05) is 12.1 Å². The Kier molecular flexibility index (Phi) is 7.06. The molecule has 0 amide bonds. The zero-order valence-corrected chi connectivity index (χ0v) is 20.6. The van der Waals surface area contributed by atoms with E-state index in [1.807, 2.05) is 4.90 Å². The Labute approximate surface area is 199 Å². The molecule has 1 aliphatic heterocycles. The smallest absolute Gasteiger partial charge is 0.316 e. The minimum atomic E-state index is -3.50. The molecule has 0 radical (unpaired) electrons. The summed E-state index contributed by atoms with van der Waals surface area (Å²) in [5, 5.41) is 4.39. The van der Waals surface area contributed by atoms with Crippen LogP contribution in [-0.4, -0.2) is 79.0 Å². The number of hydrogen-bond donors (Lipinski definition) is 0. The van der Waals surface area contributed by atoms with Gasteiger partial charge in [0.15, 0.2) is 5.78 Å². The lowest BCUT2D eigenvalue weighted by molar-refractivity contribution is 0.101. The van der Waals surface area contributed by atoms with Crippen molar-refractivity contribution in [2.75, 3.05) is 45.2 Å². The van der Waals surface area contributed by atoms with Crippen LogP contribution >= 0.6 is 0 Å². The second-order valence-corrected chi connectivity index (χ2v) is 11.0. The standard InChI is InChI=1S/C23H31N5O5S/c1-17(29)18-7-6-8-19(15-18)28-23(30)22(33-20-9-4-5-10-20)21(16-24-28)26-11-13-27(14-12-26)34(31,32)25(2)3/h6-8,15-16,20H,4-5,9-14H2,1-3H3. The first-order valence-electron chi connectivity index (χ1n) is 11.5. The third-order valence-corrected chi connectivity index (χ3v) is 8.31. The second kappa shape index (κ2) is 9.85. The van der Waals surface area contributed by atoms with Crippen LogP contribution in [0.4, 0.5) is 5.69 Å². The molecule has 0 atom stereocenters. The molecule has 4 rings (SSSR count). The van der Waals surface area contributed by atoms with E-state index < -0.39 is 15.8 Å². The van der Waals surface area contributed by atoms with Crippen molar-refractivity contribution in [2.45, 2.75) is 38.7 Å². The summed E-state index contributed by atoms with van der Waals surface area (Å²) in [6.07, 6.45) is 5.44. The largest absolute Gasteiger partial charge is 0.483 e. The van der Waals surface area contributed by atoms with Crippen LogP contribution in [0.15, 0.2) is 35.3 Å². The summed E-state index contributed by atoms with van der Waals surface area (Å²) in [4.78, 5) is 27.3. The van der Waals surface area contributed by atoms with E-state index in [1.165, 1.54) is 34.3 Å². The van der Waals surface area contributed by atoms with Crippen molar-refractivity contribution in [1.82, 2.24) is 18.4 Å². The van der Waals surface area contributed by atoms with Gasteiger partial charge < -0.3 is 9.64 Å². The average Bonchev–Trinajstić information content (AvgIpc) is 3.33. The van der Waals surface area contributed by atoms with Crippen LogP contribution < -0.4 is 15.2 Å².